The van der Waals surface area contributed by atoms with Gasteiger partial charge in [0.1, 0.15) is 0 Å². The van der Waals surface area contributed by atoms with E-state index in [1.54, 1.807) is 4.90 Å². The van der Waals surface area contributed by atoms with Crippen molar-refractivity contribution >= 4 is 11.6 Å². The van der Waals surface area contributed by atoms with Crippen LogP contribution in [0.2, 0.25) is 0 Å². The predicted octanol–water partition coefficient (Wildman–Crippen LogP) is 3.72. The zero-order chi connectivity index (χ0) is 15.6. The Morgan fingerprint density at radius 3 is 2.43 bits per heavy atom. The molecule has 0 heterocycles. The second kappa shape index (κ2) is 6.00. The van der Waals surface area contributed by atoms with Gasteiger partial charge < -0.3 is 10.6 Å². The van der Waals surface area contributed by atoms with Crippen LogP contribution in [-0.2, 0) is 0 Å². The van der Waals surface area contributed by atoms with E-state index in [4.69, 9.17) is 5.73 Å². The molecule has 1 atom stereocenters. The second-order valence-electron chi connectivity index (χ2n) is 5.56. The molecule has 0 spiro atoms. The largest absolute Gasteiger partial charge is 0.399 e. The lowest BCUT2D eigenvalue weighted by Gasteiger charge is -2.26. The number of rotatable bonds is 3. The van der Waals surface area contributed by atoms with Gasteiger partial charge in [-0.05, 0) is 61.7 Å². The third-order valence-electron chi connectivity index (χ3n) is 4.05. The van der Waals surface area contributed by atoms with Crippen LogP contribution in [0.15, 0.2) is 42.5 Å². The van der Waals surface area contributed by atoms with E-state index in [9.17, 15) is 4.79 Å². The summed E-state index contributed by atoms with van der Waals surface area (Å²) in [6.45, 7) is 6.07. The average molecular weight is 282 g/mol. The fourth-order valence-electron chi connectivity index (χ4n) is 2.30. The van der Waals surface area contributed by atoms with E-state index in [0.717, 1.165) is 16.7 Å². The molecule has 3 heteroatoms. The number of carbonyl (C=O) groups is 1. The van der Waals surface area contributed by atoms with Gasteiger partial charge in [-0.2, -0.15) is 0 Å². The lowest BCUT2D eigenvalue weighted by atomic mass is 10.0. The molecule has 2 aromatic carbocycles. The van der Waals surface area contributed by atoms with Crippen LogP contribution in [0.25, 0.3) is 0 Å². The minimum absolute atomic E-state index is 0.0213. The number of nitrogens with zero attached hydrogens (tertiary/aromatic N) is 1. The summed E-state index contributed by atoms with van der Waals surface area (Å²) in [5.74, 6) is 0.0213. The highest BCUT2D eigenvalue weighted by Crippen LogP contribution is 2.23. The average Bonchev–Trinajstić information content (AvgIpc) is 2.47. The first-order valence-electron chi connectivity index (χ1n) is 7.10. The van der Waals surface area contributed by atoms with Gasteiger partial charge in [-0.15, -0.1) is 0 Å². The van der Waals surface area contributed by atoms with Crippen LogP contribution in [-0.4, -0.2) is 17.9 Å². The first-order valence-corrected chi connectivity index (χ1v) is 7.10. The SMILES string of the molecule is Cc1ccc(C(=O)N(C)C(C)c2cccc(N)c2)cc1C. The molecule has 0 aliphatic rings. The lowest BCUT2D eigenvalue weighted by molar-refractivity contribution is 0.0742. The summed E-state index contributed by atoms with van der Waals surface area (Å²) in [5.41, 5.74) is 10.6. The van der Waals surface area contributed by atoms with Crippen molar-refractivity contribution in [3.05, 3.63) is 64.7 Å². The predicted molar refractivity (Wildman–Crippen MR) is 87.3 cm³/mol. The van der Waals surface area contributed by atoms with Crippen molar-refractivity contribution in [3.63, 3.8) is 0 Å². The van der Waals surface area contributed by atoms with Gasteiger partial charge in [0.05, 0.1) is 6.04 Å². The van der Waals surface area contributed by atoms with Crippen molar-refractivity contribution in [1.82, 2.24) is 4.90 Å². The molecule has 21 heavy (non-hydrogen) atoms. The smallest absolute Gasteiger partial charge is 0.254 e. The molecule has 0 radical (unpaired) electrons. The number of nitrogen functional groups attached to an aromatic ring is 1. The molecule has 0 bridgehead atoms. The standard InChI is InChI=1S/C18H22N2O/c1-12-8-9-16(10-13(12)2)18(21)20(4)14(3)15-6-5-7-17(19)11-15/h5-11,14H,19H2,1-4H3. The minimum atomic E-state index is -0.0254. The maximum atomic E-state index is 12.6. The van der Waals surface area contributed by atoms with E-state index in [0.29, 0.717) is 5.69 Å². The maximum absolute atomic E-state index is 12.6. The highest BCUT2D eigenvalue weighted by molar-refractivity contribution is 5.94. The third-order valence-corrected chi connectivity index (χ3v) is 4.05. The van der Waals surface area contributed by atoms with Crippen molar-refractivity contribution in [2.75, 3.05) is 12.8 Å². The second-order valence-corrected chi connectivity index (χ2v) is 5.56. The zero-order valence-electron chi connectivity index (χ0n) is 13.1. The zero-order valence-corrected chi connectivity index (χ0v) is 13.1. The van der Waals surface area contributed by atoms with Crippen molar-refractivity contribution in [2.24, 2.45) is 0 Å². The molecule has 0 saturated carbocycles. The summed E-state index contributed by atoms with van der Waals surface area (Å²) in [7, 11) is 1.82. The summed E-state index contributed by atoms with van der Waals surface area (Å²) in [5, 5.41) is 0. The summed E-state index contributed by atoms with van der Waals surface area (Å²) >= 11 is 0. The Labute approximate surface area is 126 Å². The van der Waals surface area contributed by atoms with Crippen LogP contribution in [0.4, 0.5) is 5.69 Å². The fraction of sp³-hybridized carbons (Fsp3) is 0.278. The summed E-state index contributed by atoms with van der Waals surface area (Å²) in [6, 6.07) is 13.5. The van der Waals surface area contributed by atoms with Crippen LogP contribution >= 0.6 is 0 Å². The van der Waals surface area contributed by atoms with Gasteiger partial charge in [0.15, 0.2) is 0 Å². The Balaban J connectivity index is 2.24. The van der Waals surface area contributed by atoms with Crippen molar-refractivity contribution < 1.29 is 4.79 Å². The third kappa shape index (κ3) is 3.24. The Kier molecular flexibility index (Phi) is 4.32. The molecule has 2 N–H and O–H groups in total. The van der Waals surface area contributed by atoms with Crippen molar-refractivity contribution in [2.45, 2.75) is 26.8 Å². The Bertz CT molecular complexity index is 664. The van der Waals surface area contributed by atoms with Crippen LogP contribution in [0.1, 0.15) is 40.0 Å². The highest BCUT2D eigenvalue weighted by Gasteiger charge is 2.19. The molecule has 2 aromatic rings. The quantitative estimate of drug-likeness (QED) is 0.872. The Morgan fingerprint density at radius 2 is 1.81 bits per heavy atom. The van der Waals surface area contributed by atoms with E-state index < -0.39 is 0 Å². The fourth-order valence-corrected chi connectivity index (χ4v) is 2.30. The van der Waals surface area contributed by atoms with Crippen LogP contribution < -0.4 is 5.73 Å². The first-order chi connectivity index (χ1) is 9.90. The number of hydrogen-bond donors (Lipinski definition) is 1. The topological polar surface area (TPSA) is 46.3 Å². The van der Waals surface area contributed by atoms with E-state index >= 15 is 0 Å². The molecule has 0 aliphatic carbocycles. The molecular formula is C18H22N2O. The molecule has 0 aromatic heterocycles. The number of amides is 1. The van der Waals surface area contributed by atoms with Crippen LogP contribution in [0.3, 0.4) is 0 Å². The van der Waals surface area contributed by atoms with Gasteiger partial charge in [0, 0.05) is 18.3 Å². The summed E-state index contributed by atoms with van der Waals surface area (Å²) in [4.78, 5) is 14.4. The van der Waals surface area contributed by atoms with E-state index in [-0.39, 0.29) is 11.9 Å². The normalized spacial score (nSPS) is 12.0. The highest BCUT2D eigenvalue weighted by atomic mass is 16.2. The van der Waals surface area contributed by atoms with Gasteiger partial charge in [-0.1, -0.05) is 18.2 Å². The Hall–Kier alpha value is -2.29. The van der Waals surface area contributed by atoms with Gasteiger partial charge in [0.25, 0.3) is 5.91 Å². The molecule has 0 fully saturated rings. The van der Waals surface area contributed by atoms with Crippen LogP contribution in [0, 0.1) is 13.8 Å². The number of anilines is 1. The summed E-state index contributed by atoms with van der Waals surface area (Å²) < 4.78 is 0. The number of benzene rings is 2. The molecular weight excluding hydrogens is 260 g/mol. The first kappa shape index (κ1) is 15.1. The van der Waals surface area contributed by atoms with Crippen LogP contribution in [0.5, 0.6) is 0 Å². The van der Waals surface area contributed by atoms with Gasteiger partial charge in [-0.3, -0.25) is 4.79 Å². The monoisotopic (exact) mass is 282 g/mol. The molecule has 0 saturated heterocycles. The number of nitrogens with two attached hydrogens (primary N) is 1. The minimum Gasteiger partial charge on any atom is -0.399 e. The lowest BCUT2D eigenvalue weighted by Crippen LogP contribution is -2.29. The van der Waals surface area contributed by atoms with E-state index in [2.05, 4.69) is 0 Å². The van der Waals surface area contributed by atoms with Crippen molar-refractivity contribution in [1.29, 1.82) is 0 Å². The molecule has 2 rings (SSSR count). The molecule has 1 amide bonds. The van der Waals surface area contributed by atoms with Crippen molar-refractivity contribution in [3.8, 4) is 0 Å². The van der Waals surface area contributed by atoms with Gasteiger partial charge >= 0.3 is 0 Å². The van der Waals surface area contributed by atoms with Gasteiger partial charge in [-0.25, -0.2) is 0 Å². The molecule has 3 nitrogen and oxygen atoms in total. The summed E-state index contributed by atoms with van der Waals surface area (Å²) in [6.07, 6.45) is 0. The number of aryl methyl sites for hydroxylation is 2. The van der Waals surface area contributed by atoms with E-state index in [1.807, 2.05) is 70.3 Å². The number of carbonyl (C=O) groups excluding carboxylic acids is 1. The molecule has 110 valence electrons. The molecule has 0 aliphatic heterocycles. The van der Waals surface area contributed by atoms with Gasteiger partial charge in [0.2, 0.25) is 0 Å². The molecule has 1 unspecified atom stereocenters. The number of hydrogen-bond acceptors (Lipinski definition) is 2. The Morgan fingerprint density at radius 1 is 1.10 bits per heavy atom. The van der Waals surface area contributed by atoms with E-state index in [1.165, 1.54) is 5.56 Å². The maximum Gasteiger partial charge on any atom is 0.254 e.